The van der Waals surface area contributed by atoms with Crippen molar-refractivity contribution in [2.75, 3.05) is 0 Å². The highest BCUT2D eigenvalue weighted by Crippen LogP contribution is 2.63. The molecular weight excluding hydrogens is 849 g/mol. The molecule has 0 amide bonds. The summed E-state index contributed by atoms with van der Waals surface area (Å²) in [5.74, 6) is 1.47. The minimum atomic E-state index is -0.622. The first-order chi connectivity index (χ1) is 34.4. The van der Waals surface area contributed by atoms with Gasteiger partial charge in [-0.25, -0.2) is 15.0 Å². The Morgan fingerprint density at radius 2 is 0.857 bits per heavy atom. The second kappa shape index (κ2) is 16.5. The molecule has 332 valence electrons. The van der Waals surface area contributed by atoms with Crippen molar-refractivity contribution in [2.45, 2.75) is 30.8 Å². The van der Waals surface area contributed by atoms with Gasteiger partial charge >= 0.3 is 0 Å². The number of amidine groups is 2. The van der Waals surface area contributed by atoms with E-state index in [1.54, 1.807) is 0 Å². The number of rotatable bonds is 7. The fraction of sp³-hybridized carbons (Fsp3) is 0.0758. The van der Waals surface area contributed by atoms with Crippen LogP contribution in [0, 0.1) is 0 Å². The van der Waals surface area contributed by atoms with Crippen LogP contribution in [-0.4, -0.2) is 16.7 Å². The molecule has 70 heavy (non-hydrogen) atoms. The number of fused-ring (bicyclic) bond motifs is 9. The molecule has 1 spiro atoms. The lowest BCUT2D eigenvalue weighted by atomic mass is 9.55. The highest BCUT2D eigenvalue weighted by Gasteiger charge is 2.54. The van der Waals surface area contributed by atoms with E-state index in [0.29, 0.717) is 5.84 Å². The highest BCUT2D eigenvalue weighted by molar-refractivity contribution is 6.16. The molecule has 0 radical (unpaired) electrons. The van der Waals surface area contributed by atoms with Gasteiger partial charge in [-0.2, -0.15) is 0 Å². The maximum absolute atomic E-state index is 5.57. The summed E-state index contributed by atoms with van der Waals surface area (Å²) in [5, 5.41) is 3.75. The summed E-state index contributed by atoms with van der Waals surface area (Å²) in [6.07, 6.45) is -0.386. The first-order valence-electron chi connectivity index (χ1n) is 24.2. The van der Waals surface area contributed by atoms with Gasteiger partial charge in [0.1, 0.15) is 12.0 Å². The van der Waals surface area contributed by atoms with Crippen molar-refractivity contribution in [3.63, 3.8) is 0 Å². The predicted molar refractivity (Wildman–Crippen MR) is 287 cm³/mol. The monoisotopic (exact) mass is 896 g/mol. The standard InChI is InChI=1S/C66H48N4/c1-65(2)54-29-15-17-31-56(54)66(57-32-18-16-30-55(57)65)53-39-38-49(60-42-50(44-22-9-4-10-23-44)41-59(67-60)46-24-11-5-12-25-46)40-52(53)61-51(28-19-33-58(61)66)64-69-62(47-26-13-6-14-27-47)68-63(70-64)48-36-34-45(35-37-48)43-20-7-3-8-21-43/h3-42,63H,1-2H3,(H,68,69,70). The summed E-state index contributed by atoms with van der Waals surface area (Å²) >= 11 is 0. The van der Waals surface area contributed by atoms with Crippen LogP contribution in [0.2, 0.25) is 0 Å². The van der Waals surface area contributed by atoms with E-state index in [0.717, 1.165) is 72.9 Å². The number of benzene rings is 9. The van der Waals surface area contributed by atoms with Gasteiger partial charge in [0, 0.05) is 27.7 Å². The molecule has 10 aromatic rings. The molecule has 2 heterocycles. The molecule has 0 saturated heterocycles. The van der Waals surface area contributed by atoms with Crippen LogP contribution >= 0.6 is 0 Å². The summed E-state index contributed by atoms with van der Waals surface area (Å²) in [4.78, 5) is 16.5. The molecule has 2 aliphatic carbocycles. The lowest BCUT2D eigenvalue weighted by molar-refractivity contribution is 0.563. The van der Waals surface area contributed by atoms with E-state index >= 15 is 0 Å². The van der Waals surface area contributed by atoms with Crippen molar-refractivity contribution in [2.24, 2.45) is 9.98 Å². The minimum absolute atomic E-state index is 0.230. The van der Waals surface area contributed by atoms with Gasteiger partial charge < -0.3 is 5.32 Å². The Bertz CT molecular complexity index is 3580. The van der Waals surface area contributed by atoms with Gasteiger partial charge in [0.25, 0.3) is 0 Å². The van der Waals surface area contributed by atoms with Gasteiger partial charge in [-0.1, -0.05) is 238 Å². The Morgan fingerprint density at radius 3 is 1.47 bits per heavy atom. The molecule has 1 aliphatic heterocycles. The summed E-state index contributed by atoms with van der Waals surface area (Å²) in [6.45, 7) is 4.75. The van der Waals surface area contributed by atoms with Crippen LogP contribution in [0.4, 0.5) is 0 Å². The van der Waals surface area contributed by atoms with Crippen LogP contribution in [0.5, 0.6) is 0 Å². The Morgan fingerprint density at radius 1 is 0.371 bits per heavy atom. The van der Waals surface area contributed by atoms with Gasteiger partial charge in [-0.05, 0) is 90.5 Å². The maximum Gasteiger partial charge on any atom is 0.160 e. The predicted octanol–water partition coefficient (Wildman–Crippen LogP) is 15.2. The number of aliphatic imine (C=N–C) groups is 2. The number of hydrogen-bond donors (Lipinski definition) is 1. The summed E-state index contributed by atoms with van der Waals surface area (Å²) in [6, 6.07) is 87.5. The van der Waals surface area contributed by atoms with Crippen molar-refractivity contribution in [3.8, 4) is 55.9 Å². The Kier molecular flexibility index (Phi) is 9.77. The fourth-order valence-electron chi connectivity index (χ4n) is 11.5. The lowest BCUT2D eigenvalue weighted by Gasteiger charge is -2.46. The van der Waals surface area contributed by atoms with E-state index in [9.17, 15) is 0 Å². The van der Waals surface area contributed by atoms with Crippen LogP contribution in [0.1, 0.15) is 70.1 Å². The van der Waals surface area contributed by atoms with Crippen molar-refractivity contribution in [1.29, 1.82) is 0 Å². The summed E-state index contributed by atoms with van der Waals surface area (Å²) in [7, 11) is 0. The third-order valence-corrected chi connectivity index (χ3v) is 14.8. The zero-order chi connectivity index (χ0) is 46.8. The van der Waals surface area contributed by atoms with Gasteiger partial charge in [-0.3, -0.25) is 0 Å². The fourth-order valence-corrected chi connectivity index (χ4v) is 11.5. The molecular formula is C66H48N4. The topological polar surface area (TPSA) is 49.6 Å². The second-order valence-electron chi connectivity index (χ2n) is 19.1. The van der Waals surface area contributed by atoms with Crippen molar-refractivity contribution in [1.82, 2.24) is 10.3 Å². The quantitative estimate of drug-likeness (QED) is 0.173. The Balaban J connectivity index is 1.07. The van der Waals surface area contributed by atoms with Gasteiger partial charge in [0.05, 0.1) is 16.8 Å². The third kappa shape index (κ3) is 6.63. The van der Waals surface area contributed by atoms with E-state index in [2.05, 4.69) is 256 Å². The maximum atomic E-state index is 5.57. The van der Waals surface area contributed by atoms with E-state index in [-0.39, 0.29) is 11.6 Å². The molecule has 1 aromatic heterocycles. The highest BCUT2D eigenvalue weighted by atomic mass is 15.2. The van der Waals surface area contributed by atoms with Crippen molar-refractivity contribution in [3.05, 3.63) is 293 Å². The average Bonchev–Trinajstić information content (AvgIpc) is 3.74. The zero-order valence-corrected chi connectivity index (χ0v) is 39.0. The van der Waals surface area contributed by atoms with Crippen LogP contribution in [-0.2, 0) is 10.8 Å². The van der Waals surface area contributed by atoms with Gasteiger partial charge in [0.15, 0.2) is 5.84 Å². The molecule has 0 saturated carbocycles. The second-order valence-corrected chi connectivity index (χ2v) is 19.1. The van der Waals surface area contributed by atoms with Crippen molar-refractivity contribution >= 4 is 11.7 Å². The molecule has 1 atom stereocenters. The van der Waals surface area contributed by atoms with E-state index in [1.165, 1.54) is 38.9 Å². The first-order valence-corrected chi connectivity index (χ1v) is 24.2. The number of nitrogens with one attached hydrogen (secondary N) is 1. The Hall–Kier alpha value is -8.73. The van der Waals surface area contributed by atoms with Crippen LogP contribution in [0.25, 0.3) is 55.9 Å². The minimum Gasteiger partial charge on any atom is -0.344 e. The lowest BCUT2D eigenvalue weighted by Crippen LogP contribution is -2.40. The smallest absolute Gasteiger partial charge is 0.160 e. The molecule has 9 aromatic carbocycles. The van der Waals surface area contributed by atoms with Gasteiger partial charge in [0.2, 0.25) is 0 Å². The van der Waals surface area contributed by atoms with Crippen molar-refractivity contribution < 1.29 is 0 Å². The zero-order valence-electron chi connectivity index (χ0n) is 39.0. The summed E-state index contributed by atoms with van der Waals surface area (Å²) in [5.41, 5.74) is 20.8. The molecule has 1 unspecified atom stereocenters. The molecule has 1 N–H and O–H groups in total. The number of hydrogen-bond acceptors (Lipinski definition) is 4. The van der Waals surface area contributed by atoms with Crippen LogP contribution in [0.15, 0.2) is 253 Å². The number of nitrogens with zero attached hydrogens (tertiary/aromatic N) is 3. The Labute approximate surface area is 409 Å². The first kappa shape index (κ1) is 41.5. The molecule has 4 nitrogen and oxygen atoms in total. The summed E-state index contributed by atoms with van der Waals surface area (Å²) < 4.78 is 0. The van der Waals surface area contributed by atoms with Crippen LogP contribution in [0.3, 0.4) is 0 Å². The molecule has 4 heteroatoms. The molecule has 13 rings (SSSR count). The normalized spacial score (nSPS) is 15.7. The number of aromatic nitrogens is 1. The largest absolute Gasteiger partial charge is 0.344 e. The SMILES string of the molecule is CC1(C)c2ccccc2C2(c3ccc(-c4cc(-c5ccccc5)cc(-c5ccccc5)n4)cc3-c3c(C4=NC(c5ccc(-c6ccccc6)cc5)NC(c5ccccc5)=N4)cccc32)c2ccccc21. The van der Waals surface area contributed by atoms with Gasteiger partial charge in [-0.15, -0.1) is 0 Å². The molecule has 3 aliphatic rings. The number of pyridine rings is 1. The average molecular weight is 897 g/mol. The third-order valence-electron chi connectivity index (χ3n) is 14.8. The van der Waals surface area contributed by atoms with Crippen LogP contribution < -0.4 is 5.32 Å². The van der Waals surface area contributed by atoms with E-state index in [1.807, 2.05) is 6.07 Å². The molecule has 0 bridgehead atoms. The molecule has 0 fully saturated rings. The van der Waals surface area contributed by atoms with E-state index in [4.69, 9.17) is 15.0 Å². The van der Waals surface area contributed by atoms with E-state index < -0.39 is 5.41 Å².